The molecular weight excluding hydrogens is 295 g/mol. The lowest BCUT2D eigenvalue weighted by Crippen LogP contribution is -1.76. The highest BCUT2D eigenvalue weighted by atomic mass is 79.9. The van der Waals surface area contributed by atoms with Crippen molar-refractivity contribution in [3.05, 3.63) is 39.9 Å². The van der Waals surface area contributed by atoms with Gasteiger partial charge < -0.3 is 0 Å². The Morgan fingerprint density at radius 2 is 2.00 bits per heavy atom. The number of halogens is 3. The molecule has 0 nitrogen and oxygen atoms in total. The summed E-state index contributed by atoms with van der Waals surface area (Å²) in [5, 5.41) is 2.46. The van der Waals surface area contributed by atoms with E-state index in [1.54, 1.807) is 6.07 Å². The lowest BCUT2D eigenvalue weighted by atomic mass is 10.1. The Balaban J connectivity index is 2.49. The summed E-state index contributed by atoms with van der Waals surface area (Å²) in [5.74, 6) is 0. The quantitative estimate of drug-likeness (QED) is 0.492. The molecule has 15 heavy (non-hydrogen) atoms. The van der Waals surface area contributed by atoms with Crippen LogP contribution in [0.4, 0.5) is 0 Å². The number of benzene rings is 1. The predicted octanol–water partition coefficient (Wildman–Crippen LogP) is 5.57. The first kappa shape index (κ1) is 13.1. The highest BCUT2D eigenvalue weighted by Crippen LogP contribution is 2.22. The number of rotatable bonds is 5. The Morgan fingerprint density at radius 3 is 2.67 bits per heavy atom. The average molecular weight is 308 g/mol. The van der Waals surface area contributed by atoms with E-state index in [1.807, 2.05) is 18.2 Å². The maximum atomic E-state index is 6.03. The molecule has 1 aromatic rings. The third-order valence-electron chi connectivity index (χ3n) is 2.01. The van der Waals surface area contributed by atoms with Crippen LogP contribution >= 0.6 is 39.1 Å². The predicted molar refractivity (Wildman–Crippen MR) is 73.1 cm³/mol. The number of allylic oxidation sites excluding steroid dienone is 1. The molecule has 0 saturated carbocycles. The van der Waals surface area contributed by atoms with Crippen molar-refractivity contribution in [1.29, 1.82) is 0 Å². The van der Waals surface area contributed by atoms with Gasteiger partial charge in [-0.05, 0) is 37.0 Å². The third kappa shape index (κ3) is 5.05. The molecule has 0 N–H and O–H groups in total. The molecule has 0 unspecified atom stereocenters. The van der Waals surface area contributed by atoms with E-state index in [4.69, 9.17) is 23.2 Å². The summed E-state index contributed by atoms with van der Waals surface area (Å²) >= 11 is 15.2. The molecule has 0 radical (unpaired) electrons. The third-order valence-corrected chi connectivity index (χ3v) is 3.14. The number of hydrogen-bond acceptors (Lipinski definition) is 0. The van der Waals surface area contributed by atoms with Crippen molar-refractivity contribution in [2.75, 3.05) is 5.33 Å². The summed E-state index contributed by atoms with van der Waals surface area (Å²) in [6.07, 6.45) is 7.70. The molecule has 0 atom stereocenters. The Hall–Kier alpha value is 0.0200. The molecule has 0 aromatic heterocycles. The molecule has 0 aliphatic heterocycles. The SMILES string of the molecule is Clc1ccc(/C=C/CCCCBr)c(Cl)c1. The van der Waals surface area contributed by atoms with Gasteiger partial charge in [-0.3, -0.25) is 0 Å². The van der Waals surface area contributed by atoms with Crippen LogP contribution in [-0.2, 0) is 0 Å². The van der Waals surface area contributed by atoms with Gasteiger partial charge in [0, 0.05) is 15.4 Å². The fourth-order valence-electron chi connectivity index (χ4n) is 1.20. The van der Waals surface area contributed by atoms with Gasteiger partial charge in [0.1, 0.15) is 0 Å². The monoisotopic (exact) mass is 306 g/mol. The van der Waals surface area contributed by atoms with Crippen molar-refractivity contribution in [2.45, 2.75) is 19.3 Å². The van der Waals surface area contributed by atoms with Gasteiger partial charge >= 0.3 is 0 Å². The summed E-state index contributed by atoms with van der Waals surface area (Å²) in [6.45, 7) is 0. The molecule has 1 aromatic carbocycles. The smallest absolute Gasteiger partial charge is 0.0493 e. The van der Waals surface area contributed by atoms with E-state index in [-0.39, 0.29) is 0 Å². The fraction of sp³-hybridized carbons (Fsp3) is 0.333. The van der Waals surface area contributed by atoms with Crippen molar-refractivity contribution in [3.63, 3.8) is 0 Å². The first-order valence-corrected chi connectivity index (χ1v) is 6.79. The second-order valence-electron chi connectivity index (χ2n) is 3.25. The zero-order valence-electron chi connectivity index (χ0n) is 8.35. The minimum Gasteiger partial charge on any atom is -0.0928 e. The van der Waals surface area contributed by atoms with Gasteiger partial charge in [0.25, 0.3) is 0 Å². The Kier molecular flexibility index (Phi) is 6.39. The number of hydrogen-bond donors (Lipinski definition) is 0. The average Bonchev–Trinajstić information content (AvgIpc) is 2.20. The van der Waals surface area contributed by atoms with Gasteiger partial charge in [-0.2, -0.15) is 0 Å². The largest absolute Gasteiger partial charge is 0.0928 e. The Morgan fingerprint density at radius 1 is 1.20 bits per heavy atom. The van der Waals surface area contributed by atoms with E-state index in [0.717, 1.165) is 17.3 Å². The van der Waals surface area contributed by atoms with E-state index in [2.05, 4.69) is 22.0 Å². The summed E-state index contributed by atoms with van der Waals surface area (Å²) in [4.78, 5) is 0. The van der Waals surface area contributed by atoms with E-state index >= 15 is 0 Å². The van der Waals surface area contributed by atoms with Crippen LogP contribution in [0.2, 0.25) is 10.0 Å². The van der Waals surface area contributed by atoms with Crippen molar-refractivity contribution in [3.8, 4) is 0 Å². The topological polar surface area (TPSA) is 0 Å². The maximum Gasteiger partial charge on any atom is 0.0493 e. The first-order valence-electron chi connectivity index (χ1n) is 4.91. The molecule has 0 amide bonds. The van der Waals surface area contributed by atoms with Gasteiger partial charge in [0.05, 0.1) is 0 Å². The summed E-state index contributed by atoms with van der Waals surface area (Å²) < 4.78 is 0. The van der Waals surface area contributed by atoms with E-state index < -0.39 is 0 Å². The number of alkyl halides is 1. The van der Waals surface area contributed by atoms with Gasteiger partial charge in [-0.15, -0.1) is 0 Å². The second kappa shape index (κ2) is 7.32. The number of unbranched alkanes of at least 4 members (excludes halogenated alkanes) is 2. The molecule has 0 heterocycles. The van der Waals surface area contributed by atoms with Crippen LogP contribution in [0, 0.1) is 0 Å². The molecule has 3 heteroatoms. The Labute approximate surface area is 109 Å². The zero-order valence-corrected chi connectivity index (χ0v) is 11.4. The minimum atomic E-state index is 0.677. The van der Waals surface area contributed by atoms with Gasteiger partial charge in [-0.1, -0.05) is 57.4 Å². The van der Waals surface area contributed by atoms with Crippen LogP contribution in [0.15, 0.2) is 24.3 Å². The summed E-state index contributed by atoms with van der Waals surface area (Å²) in [7, 11) is 0. The van der Waals surface area contributed by atoms with Crippen LogP contribution in [0.5, 0.6) is 0 Å². The van der Waals surface area contributed by atoms with Crippen molar-refractivity contribution < 1.29 is 0 Å². The molecule has 0 aliphatic rings. The van der Waals surface area contributed by atoms with Crippen LogP contribution in [0.3, 0.4) is 0 Å². The lowest BCUT2D eigenvalue weighted by molar-refractivity contribution is 0.829. The van der Waals surface area contributed by atoms with Crippen LogP contribution < -0.4 is 0 Å². The van der Waals surface area contributed by atoms with Crippen LogP contribution in [0.1, 0.15) is 24.8 Å². The van der Waals surface area contributed by atoms with Crippen molar-refractivity contribution in [1.82, 2.24) is 0 Å². The van der Waals surface area contributed by atoms with Crippen molar-refractivity contribution in [2.24, 2.45) is 0 Å². The molecule has 0 aliphatic carbocycles. The molecule has 0 fully saturated rings. The van der Waals surface area contributed by atoms with Gasteiger partial charge in [-0.25, -0.2) is 0 Å². The van der Waals surface area contributed by atoms with Crippen molar-refractivity contribution >= 4 is 45.2 Å². The van der Waals surface area contributed by atoms with E-state index in [0.29, 0.717) is 10.0 Å². The highest BCUT2D eigenvalue weighted by molar-refractivity contribution is 9.09. The zero-order chi connectivity index (χ0) is 11.1. The maximum absolute atomic E-state index is 6.03. The standard InChI is InChI=1S/C12H13BrCl2/c13-8-4-2-1-3-5-10-6-7-11(14)9-12(10)15/h3,5-7,9H,1-2,4,8H2/b5-3+. The normalized spacial score (nSPS) is 11.1. The van der Waals surface area contributed by atoms with E-state index in [1.165, 1.54) is 12.8 Å². The molecule has 82 valence electrons. The second-order valence-corrected chi connectivity index (χ2v) is 4.89. The highest BCUT2D eigenvalue weighted by Gasteiger charge is 1.96. The minimum absolute atomic E-state index is 0.677. The molecular formula is C12H13BrCl2. The summed E-state index contributed by atoms with van der Waals surface area (Å²) in [6, 6.07) is 5.55. The molecule has 0 saturated heterocycles. The molecule has 1 rings (SSSR count). The van der Waals surface area contributed by atoms with Crippen LogP contribution in [-0.4, -0.2) is 5.33 Å². The van der Waals surface area contributed by atoms with Gasteiger partial charge in [0.15, 0.2) is 0 Å². The molecule has 0 spiro atoms. The first-order chi connectivity index (χ1) is 7.24. The van der Waals surface area contributed by atoms with E-state index in [9.17, 15) is 0 Å². The van der Waals surface area contributed by atoms with Crippen LogP contribution in [0.25, 0.3) is 6.08 Å². The lowest BCUT2D eigenvalue weighted by Gasteiger charge is -1.98. The fourth-order valence-corrected chi connectivity index (χ4v) is 2.07. The Bertz CT molecular complexity index is 334. The van der Waals surface area contributed by atoms with Gasteiger partial charge in [0.2, 0.25) is 0 Å². The summed E-state index contributed by atoms with van der Waals surface area (Å²) in [5.41, 5.74) is 1.03. The molecule has 0 bridgehead atoms.